The first-order valence-corrected chi connectivity index (χ1v) is 6.90. The summed E-state index contributed by atoms with van der Waals surface area (Å²) in [4.78, 5) is 16.1. The third-order valence-electron chi connectivity index (χ3n) is 2.79. The van der Waals surface area contributed by atoms with Crippen LogP contribution < -0.4 is 10.6 Å². The minimum atomic E-state index is -0.551. The third-order valence-corrected chi connectivity index (χ3v) is 3.02. The molecule has 110 valence electrons. The molecule has 0 bridgehead atoms. The van der Waals surface area contributed by atoms with Crippen LogP contribution in [-0.2, 0) is 6.54 Å². The largest absolute Gasteiger partial charge is 0.370 e. The average Bonchev–Trinajstić information content (AvgIpc) is 2.47. The Morgan fingerprint density at radius 3 is 2.90 bits per heavy atom. The molecule has 0 saturated carbocycles. The highest BCUT2D eigenvalue weighted by atomic mass is 35.5. The van der Waals surface area contributed by atoms with Crippen molar-refractivity contribution in [1.82, 2.24) is 10.3 Å². The van der Waals surface area contributed by atoms with Crippen LogP contribution in [0.1, 0.15) is 22.8 Å². The molecule has 2 aromatic rings. The second-order valence-electron chi connectivity index (χ2n) is 4.39. The fourth-order valence-corrected chi connectivity index (χ4v) is 2.06. The minimum absolute atomic E-state index is 0.180. The predicted molar refractivity (Wildman–Crippen MR) is 81.0 cm³/mol. The molecule has 2 N–H and O–H groups in total. The molecule has 0 aliphatic heterocycles. The lowest BCUT2D eigenvalue weighted by atomic mass is 10.2. The van der Waals surface area contributed by atoms with Crippen molar-refractivity contribution in [3.8, 4) is 0 Å². The fourth-order valence-electron chi connectivity index (χ4n) is 1.85. The second kappa shape index (κ2) is 7.04. The van der Waals surface area contributed by atoms with Gasteiger partial charge in [0.15, 0.2) is 0 Å². The number of aromatic nitrogens is 1. The van der Waals surface area contributed by atoms with Gasteiger partial charge in [0.1, 0.15) is 11.6 Å². The van der Waals surface area contributed by atoms with Crippen LogP contribution in [-0.4, -0.2) is 17.4 Å². The smallest absolute Gasteiger partial charge is 0.255 e. The number of amides is 1. The number of anilines is 1. The lowest BCUT2D eigenvalue weighted by Crippen LogP contribution is -2.24. The van der Waals surface area contributed by atoms with E-state index in [-0.39, 0.29) is 5.56 Å². The summed E-state index contributed by atoms with van der Waals surface area (Å²) in [6, 6.07) is 8.33. The van der Waals surface area contributed by atoms with Gasteiger partial charge in [0.05, 0.1) is 11.8 Å². The molecule has 0 fully saturated rings. The zero-order valence-corrected chi connectivity index (χ0v) is 12.2. The third kappa shape index (κ3) is 4.16. The van der Waals surface area contributed by atoms with Crippen molar-refractivity contribution < 1.29 is 9.18 Å². The summed E-state index contributed by atoms with van der Waals surface area (Å²) in [6.45, 7) is 2.77. The molecule has 1 aromatic carbocycles. The minimum Gasteiger partial charge on any atom is -0.370 e. The van der Waals surface area contributed by atoms with Crippen molar-refractivity contribution in [2.45, 2.75) is 13.5 Å². The summed E-state index contributed by atoms with van der Waals surface area (Å²) in [5, 5.41) is 6.26. The number of rotatable bonds is 5. The molecule has 0 aliphatic carbocycles. The van der Waals surface area contributed by atoms with Crippen LogP contribution in [0.25, 0.3) is 0 Å². The van der Waals surface area contributed by atoms with Crippen LogP contribution in [0, 0.1) is 5.82 Å². The van der Waals surface area contributed by atoms with E-state index in [0.29, 0.717) is 23.9 Å². The number of halogens is 2. The van der Waals surface area contributed by atoms with E-state index in [2.05, 4.69) is 15.6 Å². The van der Waals surface area contributed by atoms with E-state index in [1.165, 1.54) is 0 Å². The Morgan fingerprint density at radius 2 is 2.19 bits per heavy atom. The van der Waals surface area contributed by atoms with Gasteiger partial charge in [-0.25, -0.2) is 9.37 Å². The summed E-state index contributed by atoms with van der Waals surface area (Å²) in [6.07, 6.45) is 1.08. The summed E-state index contributed by atoms with van der Waals surface area (Å²) >= 11 is 5.88. The molecule has 1 aromatic heterocycles. The number of hydrogen-bond acceptors (Lipinski definition) is 3. The van der Waals surface area contributed by atoms with Gasteiger partial charge in [-0.15, -0.1) is 0 Å². The maximum absolute atomic E-state index is 13.3. The first kappa shape index (κ1) is 15.3. The monoisotopic (exact) mass is 307 g/mol. The van der Waals surface area contributed by atoms with Gasteiger partial charge >= 0.3 is 0 Å². The standard InChI is InChI=1S/C15H15ClFN3O/c1-2-18-14-13(7-12(17)9-19-14)15(21)20-8-10-4-3-5-11(16)6-10/h3-7,9H,2,8H2,1H3,(H,18,19)(H,20,21). The molecule has 0 spiro atoms. The molecular formula is C15H15ClFN3O. The van der Waals surface area contributed by atoms with Gasteiger partial charge in [0, 0.05) is 18.1 Å². The Labute approximate surface area is 127 Å². The van der Waals surface area contributed by atoms with Crippen LogP contribution in [0.15, 0.2) is 36.5 Å². The zero-order chi connectivity index (χ0) is 15.2. The Morgan fingerprint density at radius 1 is 1.38 bits per heavy atom. The highest BCUT2D eigenvalue weighted by Crippen LogP contribution is 2.14. The van der Waals surface area contributed by atoms with Gasteiger partial charge in [-0.2, -0.15) is 0 Å². The van der Waals surface area contributed by atoms with Crippen molar-refractivity contribution in [2.75, 3.05) is 11.9 Å². The first-order valence-electron chi connectivity index (χ1n) is 6.52. The van der Waals surface area contributed by atoms with Gasteiger partial charge in [0.2, 0.25) is 0 Å². The van der Waals surface area contributed by atoms with Crippen LogP contribution in [0.2, 0.25) is 5.02 Å². The summed E-state index contributed by atoms with van der Waals surface area (Å²) in [5.41, 5.74) is 1.05. The molecular weight excluding hydrogens is 293 g/mol. The maximum Gasteiger partial charge on any atom is 0.255 e. The van der Waals surface area contributed by atoms with E-state index in [1.807, 2.05) is 13.0 Å². The van der Waals surface area contributed by atoms with Crippen LogP contribution in [0.3, 0.4) is 0 Å². The van der Waals surface area contributed by atoms with Gasteiger partial charge in [-0.1, -0.05) is 23.7 Å². The van der Waals surface area contributed by atoms with Crippen molar-refractivity contribution in [1.29, 1.82) is 0 Å². The van der Waals surface area contributed by atoms with Crippen LogP contribution >= 0.6 is 11.6 Å². The number of nitrogens with one attached hydrogen (secondary N) is 2. The van der Waals surface area contributed by atoms with E-state index >= 15 is 0 Å². The molecule has 1 amide bonds. The van der Waals surface area contributed by atoms with E-state index in [9.17, 15) is 9.18 Å². The van der Waals surface area contributed by atoms with Gasteiger partial charge in [-0.3, -0.25) is 4.79 Å². The lowest BCUT2D eigenvalue weighted by Gasteiger charge is -2.10. The Bertz CT molecular complexity index is 649. The fraction of sp³-hybridized carbons (Fsp3) is 0.200. The molecule has 0 saturated heterocycles. The van der Waals surface area contributed by atoms with Crippen molar-refractivity contribution in [2.24, 2.45) is 0 Å². The van der Waals surface area contributed by atoms with Gasteiger partial charge in [0.25, 0.3) is 5.91 Å². The van der Waals surface area contributed by atoms with Crippen molar-refractivity contribution in [3.05, 3.63) is 58.5 Å². The number of hydrogen-bond donors (Lipinski definition) is 2. The average molecular weight is 308 g/mol. The number of pyridine rings is 1. The molecule has 0 aliphatic rings. The highest BCUT2D eigenvalue weighted by molar-refractivity contribution is 6.30. The van der Waals surface area contributed by atoms with Gasteiger partial charge in [-0.05, 0) is 30.7 Å². The zero-order valence-electron chi connectivity index (χ0n) is 11.5. The molecule has 1 heterocycles. The first-order chi connectivity index (χ1) is 10.1. The number of nitrogens with zero attached hydrogens (tertiary/aromatic N) is 1. The number of carbonyl (C=O) groups excluding carboxylic acids is 1. The van der Waals surface area contributed by atoms with E-state index in [1.54, 1.807) is 18.2 Å². The quantitative estimate of drug-likeness (QED) is 0.891. The Balaban J connectivity index is 2.11. The highest BCUT2D eigenvalue weighted by Gasteiger charge is 2.13. The summed E-state index contributed by atoms with van der Waals surface area (Å²) in [5.74, 6) is -0.579. The Hall–Kier alpha value is -2.14. The Kier molecular flexibility index (Phi) is 5.11. The van der Waals surface area contributed by atoms with Crippen LogP contribution in [0.5, 0.6) is 0 Å². The van der Waals surface area contributed by atoms with Crippen molar-refractivity contribution >= 4 is 23.3 Å². The molecule has 21 heavy (non-hydrogen) atoms. The maximum atomic E-state index is 13.3. The SMILES string of the molecule is CCNc1ncc(F)cc1C(=O)NCc1cccc(Cl)c1. The summed E-state index contributed by atoms with van der Waals surface area (Å²) in [7, 11) is 0. The topological polar surface area (TPSA) is 54.0 Å². The molecule has 4 nitrogen and oxygen atoms in total. The van der Waals surface area contributed by atoms with Crippen LogP contribution in [0.4, 0.5) is 10.2 Å². The molecule has 6 heteroatoms. The molecule has 0 atom stereocenters. The predicted octanol–water partition coefficient (Wildman–Crippen LogP) is 3.24. The molecule has 2 rings (SSSR count). The second-order valence-corrected chi connectivity index (χ2v) is 4.83. The number of carbonyl (C=O) groups is 1. The van der Waals surface area contributed by atoms with E-state index in [4.69, 9.17) is 11.6 Å². The summed E-state index contributed by atoms with van der Waals surface area (Å²) < 4.78 is 13.3. The van der Waals surface area contributed by atoms with E-state index < -0.39 is 11.7 Å². The van der Waals surface area contributed by atoms with Crippen molar-refractivity contribution in [3.63, 3.8) is 0 Å². The molecule has 0 unspecified atom stereocenters. The molecule has 0 radical (unpaired) electrons. The normalized spacial score (nSPS) is 10.2. The number of benzene rings is 1. The lowest BCUT2D eigenvalue weighted by molar-refractivity contribution is 0.0951. The van der Waals surface area contributed by atoms with E-state index in [0.717, 1.165) is 17.8 Å². The van der Waals surface area contributed by atoms with Gasteiger partial charge < -0.3 is 10.6 Å².